The minimum atomic E-state index is -0.579. The molecule has 0 heterocycles. The fourth-order valence-corrected chi connectivity index (χ4v) is 0.824. The standard InChI is InChI=1S/C10H17NO3/c1-3-8(2)9(11)10(13)14-7-5-4-6-12/h4-6,8-9H,3,7,11H2,1-2H3/b5-4-/t8-,9-/m0/s1. The first-order valence-electron chi connectivity index (χ1n) is 4.66. The summed E-state index contributed by atoms with van der Waals surface area (Å²) in [6.07, 6.45) is 4.21. The van der Waals surface area contributed by atoms with Crippen molar-refractivity contribution < 1.29 is 14.3 Å². The molecule has 0 fully saturated rings. The lowest BCUT2D eigenvalue weighted by Crippen LogP contribution is -2.38. The molecule has 0 amide bonds. The first-order valence-corrected chi connectivity index (χ1v) is 4.66. The fraction of sp³-hybridized carbons (Fsp3) is 0.600. The van der Waals surface area contributed by atoms with Crippen molar-refractivity contribution >= 4 is 12.3 Å². The molecule has 0 saturated heterocycles. The number of rotatable bonds is 6. The van der Waals surface area contributed by atoms with Crippen LogP contribution in [0.2, 0.25) is 0 Å². The number of nitrogens with two attached hydrogens (primary N) is 1. The predicted molar refractivity (Wildman–Crippen MR) is 53.6 cm³/mol. The van der Waals surface area contributed by atoms with Gasteiger partial charge < -0.3 is 10.5 Å². The van der Waals surface area contributed by atoms with Crippen molar-refractivity contribution in [2.75, 3.05) is 6.61 Å². The zero-order valence-corrected chi connectivity index (χ0v) is 8.60. The third kappa shape index (κ3) is 4.77. The molecule has 0 bridgehead atoms. The van der Waals surface area contributed by atoms with Gasteiger partial charge in [0.15, 0.2) is 0 Å². The molecule has 0 unspecified atom stereocenters. The molecule has 80 valence electrons. The van der Waals surface area contributed by atoms with E-state index in [-0.39, 0.29) is 12.5 Å². The quantitative estimate of drug-likeness (QED) is 0.387. The van der Waals surface area contributed by atoms with Crippen LogP contribution in [0.5, 0.6) is 0 Å². The number of ether oxygens (including phenoxy) is 1. The molecular formula is C10H17NO3. The molecule has 14 heavy (non-hydrogen) atoms. The van der Waals surface area contributed by atoms with Crippen LogP contribution < -0.4 is 5.73 Å². The highest BCUT2D eigenvalue weighted by Gasteiger charge is 2.20. The average molecular weight is 199 g/mol. The van der Waals surface area contributed by atoms with Crippen molar-refractivity contribution in [1.82, 2.24) is 0 Å². The van der Waals surface area contributed by atoms with E-state index in [2.05, 4.69) is 0 Å². The lowest BCUT2D eigenvalue weighted by Gasteiger charge is -2.15. The Morgan fingerprint density at radius 1 is 1.57 bits per heavy atom. The molecule has 0 aliphatic heterocycles. The summed E-state index contributed by atoms with van der Waals surface area (Å²) in [5.41, 5.74) is 5.62. The second-order valence-electron chi connectivity index (χ2n) is 3.11. The van der Waals surface area contributed by atoms with Crippen molar-refractivity contribution in [2.45, 2.75) is 26.3 Å². The van der Waals surface area contributed by atoms with Crippen molar-refractivity contribution in [2.24, 2.45) is 11.7 Å². The van der Waals surface area contributed by atoms with Gasteiger partial charge in [-0.3, -0.25) is 9.59 Å². The third-order valence-electron chi connectivity index (χ3n) is 2.07. The van der Waals surface area contributed by atoms with E-state index in [0.717, 1.165) is 6.42 Å². The summed E-state index contributed by atoms with van der Waals surface area (Å²) in [6.45, 7) is 3.96. The van der Waals surface area contributed by atoms with E-state index >= 15 is 0 Å². The van der Waals surface area contributed by atoms with Crippen LogP contribution in [0, 0.1) is 5.92 Å². The van der Waals surface area contributed by atoms with Crippen LogP contribution in [0.25, 0.3) is 0 Å². The van der Waals surface area contributed by atoms with Gasteiger partial charge in [-0.2, -0.15) is 0 Å². The third-order valence-corrected chi connectivity index (χ3v) is 2.07. The van der Waals surface area contributed by atoms with Crippen LogP contribution in [0.1, 0.15) is 20.3 Å². The molecule has 4 heteroatoms. The highest BCUT2D eigenvalue weighted by Crippen LogP contribution is 2.06. The predicted octanol–water partition coefficient (Wildman–Crippen LogP) is 0.658. The second-order valence-corrected chi connectivity index (χ2v) is 3.11. The maximum Gasteiger partial charge on any atom is 0.323 e. The zero-order valence-electron chi connectivity index (χ0n) is 8.60. The Labute approximate surface area is 84.1 Å². The molecule has 0 spiro atoms. The van der Waals surface area contributed by atoms with Gasteiger partial charge in [0.1, 0.15) is 18.9 Å². The van der Waals surface area contributed by atoms with Crippen LogP contribution in [0.15, 0.2) is 12.2 Å². The van der Waals surface area contributed by atoms with Gasteiger partial charge in [0, 0.05) is 0 Å². The van der Waals surface area contributed by atoms with E-state index in [4.69, 9.17) is 10.5 Å². The van der Waals surface area contributed by atoms with Crippen molar-refractivity contribution in [3.63, 3.8) is 0 Å². The van der Waals surface area contributed by atoms with Crippen LogP contribution in [-0.2, 0) is 14.3 Å². The van der Waals surface area contributed by atoms with Gasteiger partial charge in [-0.1, -0.05) is 20.3 Å². The van der Waals surface area contributed by atoms with Crippen molar-refractivity contribution in [1.29, 1.82) is 0 Å². The van der Waals surface area contributed by atoms with E-state index in [9.17, 15) is 9.59 Å². The van der Waals surface area contributed by atoms with Gasteiger partial charge in [-0.15, -0.1) is 0 Å². The minimum absolute atomic E-state index is 0.0989. The van der Waals surface area contributed by atoms with Gasteiger partial charge in [0.2, 0.25) is 0 Å². The summed E-state index contributed by atoms with van der Waals surface area (Å²) in [6, 6.07) is -0.579. The minimum Gasteiger partial charge on any atom is -0.460 e. The summed E-state index contributed by atoms with van der Waals surface area (Å²) in [5, 5.41) is 0. The number of allylic oxidation sites excluding steroid dienone is 1. The first kappa shape index (κ1) is 12.8. The number of hydrogen-bond donors (Lipinski definition) is 1. The molecule has 0 saturated carbocycles. The highest BCUT2D eigenvalue weighted by atomic mass is 16.5. The van der Waals surface area contributed by atoms with Crippen LogP contribution >= 0.6 is 0 Å². The molecule has 0 aromatic carbocycles. The van der Waals surface area contributed by atoms with Crippen LogP contribution in [-0.4, -0.2) is 24.9 Å². The Morgan fingerprint density at radius 3 is 2.71 bits per heavy atom. The fourth-order valence-electron chi connectivity index (χ4n) is 0.824. The van der Waals surface area contributed by atoms with E-state index < -0.39 is 12.0 Å². The number of esters is 1. The molecule has 0 aliphatic rings. The number of hydrogen-bond acceptors (Lipinski definition) is 4. The molecule has 0 rings (SSSR count). The SMILES string of the molecule is CC[C@H](C)[C@H](N)C(=O)OC/C=C\C=O. The largest absolute Gasteiger partial charge is 0.460 e. The summed E-state index contributed by atoms with van der Waals surface area (Å²) >= 11 is 0. The number of aldehydes is 1. The Hall–Kier alpha value is -1.16. The molecule has 4 nitrogen and oxygen atoms in total. The monoisotopic (exact) mass is 199 g/mol. The molecule has 2 N–H and O–H groups in total. The Morgan fingerprint density at radius 2 is 2.21 bits per heavy atom. The van der Waals surface area contributed by atoms with Crippen molar-refractivity contribution in [3.05, 3.63) is 12.2 Å². The summed E-state index contributed by atoms with van der Waals surface area (Å²) in [7, 11) is 0. The van der Waals surface area contributed by atoms with E-state index in [1.807, 2.05) is 13.8 Å². The van der Waals surface area contributed by atoms with Gasteiger partial charge >= 0.3 is 5.97 Å². The average Bonchev–Trinajstić information content (AvgIpc) is 2.21. The number of carbonyl (C=O) groups is 2. The normalized spacial score (nSPS) is 15.1. The molecule has 2 atom stereocenters. The van der Waals surface area contributed by atoms with E-state index in [1.54, 1.807) is 0 Å². The number of carbonyl (C=O) groups excluding carboxylic acids is 2. The Balaban J connectivity index is 3.83. The van der Waals surface area contributed by atoms with Crippen LogP contribution in [0.3, 0.4) is 0 Å². The topological polar surface area (TPSA) is 69.4 Å². The van der Waals surface area contributed by atoms with Crippen LogP contribution in [0.4, 0.5) is 0 Å². The summed E-state index contributed by atoms with van der Waals surface area (Å²) in [5.74, 6) is -0.313. The second kappa shape index (κ2) is 7.26. The van der Waals surface area contributed by atoms with Gasteiger partial charge in [0.05, 0.1) is 0 Å². The maximum atomic E-state index is 11.2. The Bertz CT molecular complexity index is 213. The van der Waals surface area contributed by atoms with Crippen molar-refractivity contribution in [3.8, 4) is 0 Å². The zero-order chi connectivity index (χ0) is 11.0. The molecule has 0 radical (unpaired) electrons. The Kier molecular flexibility index (Phi) is 6.66. The summed E-state index contributed by atoms with van der Waals surface area (Å²) < 4.78 is 4.82. The molecule has 0 aromatic heterocycles. The van der Waals surface area contributed by atoms with Gasteiger partial charge in [-0.25, -0.2) is 0 Å². The highest BCUT2D eigenvalue weighted by molar-refractivity contribution is 5.76. The smallest absolute Gasteiger partial charge is 0.323 e. The lowest BCUT2D eigenvalue weighted by atomic mass is 10.0. The van der Waals surface area contributed by atoms with E-state index in [1.165, 1.54) is 12.2 Å². The van der Waals surface area contributed by atoms with E-state index in [0.29, 0.717) is 6.29 Å². The summed E-state index contributed by atoms with van der Waals surface area (Å²) in [4.78, 5) is 21.1. The van der Waals surface area contributed by atoms with Gasteiger partial charge in [-0.05, 0) is 18.1 Å². The lowest BCUT2D eigenvalue weighted by molar-refractivity contribution is -0.145. The molecule has 0 aromatic rings. The molecular weight excluding hydrogens is 182 g/mol. The van der Waals surface area contributed by atoms with Gasteiger partial charge in [0.25, 0.3) is 0 Å². The first-order chi connectivity index (χ1) is 6.63. The molecule has 0 aliphatic carbocycles. The maximum absolute atomic E-state index is 11.2.